The van der Waals surface area contributed by atoms with Crippen molar-refractivity contribution in [3.63, 3.8) is 0 Å². The summed E-state index contributed by atoms with van der Waals surface area (Å²) in [5, 5.41) is 11.8. The van der Waals surface area contributed by atoms with Gasteiger partial charge in [-0.1, -0.05) is 74.1 Å². The van der Waals surface area contributed by atoms with Crippen LogP contribution >= 0.6 is 11.8 Å². The number of nitrogens with zero attached hydrogens (tertiary/aromatic N) is 3. The van der Waals surface area contributed by atoms with Gasteiger partial charge in [0.05, 0.1) is 5.75 Å². The Hall–Kier alpha value is -2.80. The van der Waals surface area contributed by atoms with Crippen LogP contribution in [0.25, 0.3) is 11.4 Å². The SMILES string of the molecule is Cc1ccccc1-c1nnc(SCC(=O)NCCc2ccc(C(C)C)cc2)n1N. The van der Waals surface area contributed by atoms with E-state index in [1.54, 1.807) is 0 Å². The maximum atomic E-state index is 12.2. The number of carbonyl (C=O) groups is 1. The number of hydrogen-bond donors (Lipinski definition) is 2. The zero-order valence-electron chi connectivity index (χ0n) is 17.1. The van der Waals surface area contributed by atoms with Gasteiger partial charge in [-0.2, -0.15) is 0 Å². The van der Waals surface area contributed by atoms with Crippen LogP contribution in [0.1, 0.15) is 36.5 Å². The van der Waals surface area contributed by atoms with Crippen LogP contribution in [-0.4, -0.2) is 33.1 Å². The zero-order valence-corrected chi connectivity index (χ0v) is 17.9. The van der Waals surface area contributed by atoms with Gasteiger partial charge in [0.25, 0.3) is 0 Å². The second kappa shape index (κ2) is 9.60. The lowest BCUT2D eigenvalue weighted by atomic mass is 10.0. The molecule has 0 aliphatic heterocycles. The average Bonchev–Trinajstić information content (AvgIpc) is 3.07. The minimum absolute atomic E-state index is 0.0470. The molecule has 29 heavy (non-hydrogen) atoms. The molecule has 1 heterocycles. The Balaban J connectivity index is 1.48. The standard InChI is InChI=1S/C22H27N5OS/c1-15(2)18-10-8-17(9-11-18)12-13-24-20(28)14-29-22-26-25-21(27(22)23)19-7-5-4-6-16(19)3/h4-11,15H,12-14,23H2,1-3H3,(H,24,28). The summed E-state index contributed by atoms with van der Waals surface area (Å²) in [5.41, 5.74) is 4.54. The van der Waals surface area contributed by atoms with Gasteiger partial charge in [0.2, 0.25) is 11.1 Å². The van der Waals surface area contributed by atoms with E-state index in [1.807, 2.05) is 31.2 Å². The number of rotatable bonds is 8. The van der Waals surface area contributed by atoms with Gasteiger partial charge in [-0.15, -0.1) is 10.2 Å². The molecule has 0 radical (unpaired) electrons. The Morgan fingerprint density at radius 3 is 2.55 bits per heavy atom. The molecule has 6 nitrogen and oxygen atoms in total. The van der Waals surface area contributed by atoms with E-state index in [2.05, 4.69) is 53.6 Å². The molecule has 7 heteroatoms. The van der Waals surface area contributed by atoms with Gasteiger partial charge in [0.1, 0.15) is 0 Å². The molecule has 0 fully saturated rings. The van der Waals surface area contributed by atoms with Crippen molar-refractivity contribution >= 4 is 17.7 Å². The second-order valence-electron chi connectivity index (χ2n) is 7.28. The molecule has 0 aliphatic rings. The van der Waals surface area contributed by atoms with Crippen molar-refractivity contribution < 1.29 is 4.79 Å². The monoisotopic (exact) mass is 409 g/mol. The second-order valence-corrected chi connectivity index (χ2v) is 8.22. The minimum Gasteiger partial charge on any atom is -0.355 e. The van der Waals surface area contributed by atoms with Crippen LogP contribution in [0.15, 0.2) is 53.7 Å². The van der Waals surface area contributed by atoms with Gasteiger partial charge in [0, 0.05) is 12.1 Å². The summed E-state index contributed by atoms with van der Waals surface area (Å²) >= 11 is 1.28. The molecular formula is C22H27N5OS. The minimum atomic E-state index is -0.0470. The van der Waals surface area contributed by atoms with Crippen molar-refractivity contribution in [1.29, 1.82) is 0 Å². The largest absolute Gasteiger partial charge is 0.355 e. The Bertz CT molecular complexity index is 966. The van der Waals surface area contributed by atoms with E-state index in [0.717, 1.165) is 17.5 Å². The van der Waals surface area contributed by atoms with E-state index in [4.69, 9.17) is 5.84 Å². The van der Waals surface area contributed by atoms with Gasteiger partial charge < -0.3 is 11.2 Å². The zero-order chi connectivity index (χ0) is 20.8. The van der Waals surface area contributed by atoms with Crippen LogP contribution in [0.3, 0.4) is 0 Å². The lowest BCUT2D eigenvalue weighted by Gasteiger charge is -2.08. The maximum absolute atomic E-state index is 12.2. The number of nitrogens with one attached hydrogen (secondary N) is 1. The molecular weight excluding hydrogens is 382 g/mol. The Morgan fingerprint density at radius 1 is 1.14 bits per heavy atom. The Morgan fingerprint density at radius 2 is 1.86 bits per heavy atom. The molecule has 2 aromatic carbocycles. The smallest absolute Gasteiger partial charge is 0.230 e. The summed E-state index contributed by atoms with van der Waals surface area (Å²) in [7, 11) is 0. The first-order valence-corrected chi connectivity index (χ1v) is 10.7. The molecule has 1 amide bonds. The highest BCUT2D eigenvalue weighted by Crippen LogP contribution is 2.23. The number of nitrogens with two attached hydrogens (primary N) is 1. The highest BCUT2D eigenvalue weighted by atomic mass is 32.2. The van der Waals surface area contributed by atoms with Gasteiger partial charge in [0.15, 0.2) is 5.82 Å². The van der Waals surface area contributed by atoms with Gasteiger partial charge in [-0.05, 0) is 36.0 Å². The average molecular weight is 410 g/mol. The van der Waals surface area contributed by atoms with Crippen LogP contribution in [0.5, 0.6) is 0 Å². The number of benzene rings is 2. The van der Waals surface area contributed by atoms with Crippen molar-refractivity contribution in [2.75, 3.05) is 18.1 Å². The van der Waals surface area contributed by atoms with Crippen molar-refractivity contribution in [1.82, 2.24) is 20.2 Å². The van der Waals surface area contributed by atoms with E-state index >= 15 is 0 Å². The molecule has 3 rings (SSSR count). The van der Waals surface area contributed by atoms with E-state index in [1.165, 1.54) is 27.6 Å². The fourth-order valence-electron chi connectivity index (χ4n) is 2.98. The number of nitrogen functional groups attached to an aromatic ring is 1. The number of thioether (sulfide) groups is 1. The van der Waals surface area contributed by atoms with Crippen LogP contribution < -0.4 is 11.2 Å². The molecule has 0 spiro atoms. The first-order valence-electron chi connectivity index (χ1n) is 9.70. The number of aryl methyl sites for hydroxylation is 1. The topological polar surface area (TPSA) is 85.8 Å². The van der Waals surface area contributed by atoms with E-state index in [0.29, 0.717) is 23.4 Å². The molecule has 0 saturated heterocycles. The summed E-state index contributed by atoms with van der Waals surface area (Å²) in [5.74, 6) is 7.46. The van der Waals surface area contributed by atoms with Gasteiger partial charge in [-0.3, -0.25) is 4.79 Å². The number of aromatic nitrogens is 3. The predicted octanol–water partition coefficient (Wildman–Crippen LogP) is 3.54. The fourth-order valence-corrected chi connectivity index (χ4v) is 3.67. The highest BCUT2D eigenvalue weighted by molar-refractivity contribution is 7.99. The predicted molar refractivity (Wildman–Crippen MR) is 118 cm³/mol. The van der Waals surface area contributed by atoms with Crippen LogP contribution in [0, 0.1) is 6.92 Å². The third-order valence-corrected chi connectivity index (χ3v) is 5.71. The molecule has 1 aromatic heterocycles. The van der Waals surface area contributed by atoms with Gasteiger partial charge in [-0.25, -0.2) is 4.68 Å². The molecule has 0 bridgehead atoms. The first kappa shape index (κ1) is 20.9. The highest BCUT2D eigenvalue weighted by Gasteiger charge is 2.14. The fraction of sp³-hybridized carbons (Fsp3) is 0.318. The number of amides is 1. The van der Waals surface area contributed by atoms with Crippen LogP contribution in [0.2, 0.25) is 0 Å². The Labute approximate surface area is 175 Å². The van der Waals surface area contributed by atoms with Crippen molar-refractivity contribution in [2.24, 2.45) is 0 Å². The summed E-state index contributed by atoms with van der Waals surface area (Å²) in [6, 6.07) is 16.4. The third-order valence-electron chi connectivity index (χ3n) is 4.77. The van der Waals surface area contributed by atoms with E-state index in [9.17, 15) is 4.79 Å². The van der Waals surface area contributed by atoms with Crippen LogP contribution in [-0.2, 0) is 11.2 Å². The van der Waals surface area contributed by atoms with Crippen molar-refractivity contribution in [3.05, 3.63) is 65.2 Å². The molecule has 0 aliphatic carbocycles. The maximum Gasteiger partial charge on any atom is 0.230 e. The lowest BCUT2D eigenvalue weighted by Crippen LogP contribution is -2.27. The summed E-state index contributed by atoms with van der Waals surface area (Å²) in [4.78, 5) is 12.2. The quantitative estimate of drug-likeness (QED) is 0.439. The molecule has 152 valence electrons. The normalized spacial score (nSPS) is 11.0. The molecule has 3 aromatic rings. The molecule has 3 N–H and O–H groups in total. The van der Waals surface area contributed by atoms with Crippen molar-refractivity contribution in [3.8, 4) is 11.4 Å². The third kappa shape index (κ3) is 5.38. The molecule has 0 saturated carbocycles. The summed E-state index contributed by atoms with van der Waals surface area (Å²) in [6.07, 6.45) is 0.805. The van der Waals surface area contributed by atoms with Crippen molar-refractivity contribution in [2.45, 2.75) is 38.3 Å². The van der Waals surface area contributed by atoms with E-state index < -0.39 is 0 Å². The summed E-state index contributed by atoms with van der Waals surface area (Å²) in [6.45, 7) is 6.96. The van der Waals surface area contributed by atoms with E-state index in [-0.39, 0.29) is 11.7 Å². The first-order chi connectivity index (χ1) is 14.0. The molecule has 0 unspecified atom stereocenters. The van der Waals surface area contributed by atoms with Crippen LogP contribution in [0.4, 0.5) is 0 Å². The molecule has 0 atom stereocenters. The number of carbonyl (C=O) groups excluding carboxylic acids is 1. The number of hydrogen-bond acceptors (Lipinski definition) is 5. The lowest BCUT2D eigenvalue weighted by molar-refractivity contribution is -0.118. The summed E-state index contributed by atoms with van der Waals surface area (Å²) < 4.78 is 1.44. The Kier molecular flexibility index (Phi) is 6.93. The van der Waals surface area contributed by atoms with Gasteiger partial charge >= 0.3 is 0 Å².